The van der Waals surface area contributed by atoms with Gasteiger partial charge >= 0.3 is 0 Å². The Morgan fingerprint density at radius 1 is 1.03 bits per heavy atom. The average Bonchev–Trinajstić information content (AvgIpc) is 3.32. The molecule has 0 aromatic heterocycles. The van der Waals surface area contributed by atoms with Crippen molar-refractivity contribution in [1.82, 2.24) is 31.4 Å². The molecule has 0 bridgehead atoms. The lowest BCUT2D eigenvalue weighted by atomic mass is 9.74. The zero-order chi connectivity index (χ0) is 23.2. The molecule has 0 aromatic rings. The molecule has 33 heavy (non-hydrogen) atoms. The van der Waals surface area contributed by atoms with Crippen LogP contribution in [0.5, 0.6) is 0 Å². The van der Waals surface area contributed by atoms with E-state index in [1.54, 1.807) is 0 Å². The number of amides is 2. The van der Waals surface area contributed by atoms with Crippen LogP contribution in [0, 0.1) is 17.8 Å². The number of hydrogen-bond acceptors (Lipinski definition) is 7. The van der Waals surface area contributed by atoms with E-state index >= 15 is 0 Å². The number of hydrogen-bond donors (Lipinski definition) is 4. The van der Waals surface area contributed by atoms with E-state index in [-0.39, 0.29) is 36.2 Å². The van der Waals surface area contributed by atoms with Gasteiger partial charge in [0.25, 0.3) is 0 Å². The molecule has 0 aromatic carbocycles. The lowest BCUT2D eigenvalue weighted by Gasteiger charge is -2.42. The summed E-state index contributed by atoms with van der Waals surface area (Å²) in [6.45, 7) is 2.39. The molecule has 0 spiro atoms. The number of hydrazine groups is 1. The molecule has 188 valence electrons. The van der Waals surface area contributed by atoms with Gasteiger partial charge < -0.3 is 9.80 Å². The Bertz CT molecular complexity index is 658. The van der Waals surface area contributed by atoms with E-state index in [9.17, 15) is 9.59 Å². The van der Waals surface area contributed by atoms with Gasteiger partial charge in [0.1, 0.15) is 6.23 Å². The molecule has 2 aliphatic heterocycles. The molecule has 5 atom stereocenters. The van der Waals surface area contributed by atoms with Crippen LogP contribution in [-0.4, -0.2) is 73.8 Å². The second-order valence-corrected chi connectivity index (χ2v) is 10.7. The smallest absolute Gasteiger partial charge is 0.237 e. The molecule has 2 saturated carbocycles. The Labute approximate surface area is 198 Å². The van der Waals surface area contributed by atoms with Crippen LogP contribution in [0.1, 0.15) is 70.6 Å². The first kappa shape index (κ1) is 24.9. The number of nitrogens with zero attached hydrogens (tertiary/aromatic N) is 2. The summed E-state index contributed by atoms with van der Waals surface area (Å²) >= 11 is 0. The van der Waals surface area contributed by atoms with Gasteiger partial charge in [-0.15, -0.1) is 0 Å². The van der Waals surface area contributed by atoms with Crippen molar-refractivity contribution in [2.24, 2.45) is 17.8 Å². The largest absolute Gasteiger partial charge is 0.344 e. The number of hydroxylamine groups is 1. The third-order valence-corrected chi connectivity index (χ3v) is 8.25. The minimum absolute atomic E-state index is 0.0898. The van der Waals surface area contributed by atoms with Gasteiger partial charge in [0.2, 0.25) is 11.8 Å². The van der Waals surface area contributed by atoms with Crippen molar-refractivity contribution in [3.63, 3.8) is 0 Å². The summed E-state index contributed by atoms with van der Waals surface area (Å²) in [7, 11) is 3.99. The summed E-state index contributed by atoms with van der Waals surface area (Å²) in [5, 5.41) is 3.53. The molecule has 5 unspecified atom stereocenters. The lowest BCUT2D eigenvalue weighted by molar-refractivity contribution is -0.134. The molecule has 4 aliphatic rings. The van der Waals surface area contributed by atoms with Crippen LogP contribution in [0.2, 0.25) is 0 Å². The van der Waals surface area contributed by atoms with E-state index in [0.29, 0.717) is 31.2 Å². The van der Waals surface area contributed by atoms with Crippen molar-refractivity contribution in [3.05, 3.63) is 0 Å². The van der Waals surface area contributed by atoms with Crippen LogP contribution >= 0.6 is 0 Å². The van der Waals surface area contributed by atoms with Gasteiger partial charge in [-0.2, -0.15) is 5.48 Å². The molecule has 2 heterocycles. The highest BCUT2D eigenvalue weighted by Crippen LogP contribution is 2.34. The Morgan fingerprint density at radius 2 is 1.79 bits per heavy atom. The first-order valence-electron chi connectivity index (χ1n) is 13.2. The Morgan fingerprint density at radius 3 is 2.61 bits per heavy atom. The van der Waals surface area contributed by atoms with Gasteiger partial charge in [-0.1, -0.05) is 32.1 Å². The number of rotatable bonds is 9. The Kier molecular flexibility index (Phi) is 8.98. The van der Waals surface area contributed by atoms with Crippen molar-refractivity contribution >= 4 is 11.8 Å². The van der Waals surface area contributed by atoms with E-state index in [1.807, 2.05) is 11.9 Å². The van der Waals surface area contributed by atoms with Gasteiger partial charge in [0.15, 0.2) is 0 Å². The first-order valence-corrected chi connectivity index (χ1v) is 13.2. The molecular weight excluding hydrogens is 420 g/mol. The second-order valence-electron chi connectivity index (χ2n) is 10.7. The first-order chi connectivity index (χ1) is 16.0. The van der Waals surface area contributed by atoms with Crippen LogP contribution in [0.15, 0.2) is 0 Å². The molecule has 2 saturated heterocycles. The van der Waals surface area contributed by atoms with E-state index < -0.39 is 0 Å². The third-order valence-electron chi connectivity index (χ3n) is 8.25. The van der Waals surface area contributed by atoms with E-state index in [2.05, 4.69) is 33.6 Å². The van der Waals surface area contributed by atoms with Gasteiger partial charge in [-0.05, 0) is 51.0 Å². The normalized spacial score (nSPS) is 33.1. The number of nitrogens with one attached hydrogen (secondary N) is 4. The van der Waals surface area contributed by atoms with Crippen LogP contribution in [-0.2, 0) is 14.4 Å². The second kappa shape index (κ2) is 11.9. The summed E-state index contributed by atoms with van der Waals surface area (Å²) in [6, 6.07) is 0.272. The van der Waals surface area contributed by atoms with E-state index in [4.69, 9.17) is 4.84 Å². The van der Waals surface area contributed by atoms with Crippen molar-refractivity contribution in [2.75, 3.05) is 33.7 Å². The van der Waals surface area contributed by atoms with Gasteiger partial charge in [-0.3, -0.25) is 25.2 Å². The summed E-state index contributed by atoms with van der Waals surface area (Å²) in [6.07, 6.45) is 12.2. The topological polar surface area (TPSA) is 98.0 Å². The zero-order valence-electron chi connectivity index (χ0n) is 20.5. The molecule has 4 fully saturated rings. The standard InChI is InChI=1S/C24H44N6O3/c1-29(16-20-18-10-6-7-11-19(18)24(32)27-26-20)14-15-30(2)22(31)13-12-21-25-23(28-33-21)17-8-4-3-5-9-17/h17-21,23,25-26,28H,3-16H2,1-2H3,(H,27,32). The molecule has 0 radical (unpaired) electrons. The van der Waals surface area contributed by atoms with Crippen molar-refractivity contribution in [2.45, 2.75) is 89.1 Å². The predicted molar refractivity (Wildman–Crippen MR) is 126 cm³/mol. The van der Waals surface area contributed by atoms with Crippen molar-refractivity contribution in [1.29, 1.82) is 0 Å². The van der Waals surface area contributed by atoms with Gasteiger partial charge in [-0.25, -0.2) is 5.43 Å². The number of fused-ring (bicyclic) bond motifs is 1. The Hall–Kier alpha value is -1.26. The minimum atomic E-state index is -0.0898. The molecule has 2 amide bonds. The molecule has 2 aliphatic carbocycles. The van der Waals surface area contributed by atoms with Crippen LogP contribution in [0.3, 0.4) is 0 Å². The van der Waals surface area contributed by atoms with Gasteiger partial charge in [0.05, 0.1) is 6.17 Å². The van der Waals surface area contributed by atoms with Crippen LogP contribution in [0.4, 0.5) is 0 Å². The average molecular weight is 465 g/mol. The van der Waals surface area contributed by atoms with Crippen LogP contribution in [0.25, 0.3) is 0 Å². The van der Waals surface area contributed by atoms with Gasteiger partial charge in [0, 0.05) is 45.1 Å². The molecule has 9 heteroatoms. The van der Waals surface area contributed by atoms with Crippen molar-refractivity contribution in [3.8, 4) is 0 Å². The van der Waals surface area contributed by atoms with Crippen molar-refractivity contribution < 1.29 is 14.4 Å². The summed E-state index contributed by atoms with van der Waals surface area (Å²) in [4.78, 5) is 34.6. The Balaban J connectivity index is 1.12. The molecular formula is C24H44N6O3. The summed E-state index contributed by atoms with van der Waals surface area (Å²) in [5.41, 5.74) is 9.28. The SMILES string of the molecule is CN(CCN(C)C(=O)CCC1NC(C2CCCCC2)NO1)CC1NNC(=O)C2CCCCC12. The lowest BCUT2D eigenvalue weighted by Crippen LogP contribution is -2.62. The third kappa shape index (κ3) is 6.66. The molecule has 4 N–H and O–H groups in total. The number of carbonyl (C=O) groups is 2. The fraction of sp³-hybridized carbons (Fsp3) is 0.917. The maximum atomic E-state index is 12.7. The summed E-state index contributed by atoms with van der Waals surface area (Å²) in [5.74, 6) is 1.52. The fourth-order valence-electron chi connectivity index (χ4n) is 6.10. The number of likely N-dealkylation sites (N-methyl/N-ethyl adjacent to an activating group) is 2. The fourth-order valence-corrected chi connectivity index (χ4v) is 6.10. The minimum Gasteiger partial charge on any atom is -0.344 e. The maximum Gasteiger partial charge on any atom is 0.237 e. The summed E-state index contributed by atoms with van der Waals surface area (Å²) < 4.78 is 0. The van der Waals surface area contributed by atoms with E-state index in [1.165, 1.54) is 38.5 Å². The highest BCUT2D eigenvalue weighted by molar-refractivity contribution is 5.79. The number of carbonyl (C=O) groups excluding carboxylic acids is 2. The van der Waals surface area contributed by atoms with Crippen LogP contribution < -0.4 is 21.6 Å². The molecule has 9 nitrogen and oxygen atoms in total. The van der Waals surface area contributed by atoms with E-state index in [0.717, 1.165) is 32.4 Å². The molecule has 4 rings (SSSR count). The monoisotopic (exact) mass is 464 g/mol. The predicted octanol–water partition coefficient (Wildman–Crippen LogP) is 1.32. The quantitative estimate of drug-likeness (QED) is 0.409. The zero-order valence-corrected chi connectivity index (χ0v) is 20.5. The highest BCUT2D eigenvalue weighted by atomic mass is 16.7. The maximum absolute atomic E-state index is 12.7. The highest BCUT2D eigenvalue weighted by Gasteiger charge is 2.40.